The number of imidazole rings is 1. The molecule has 1 atom stereocenters. The van der Waals surface area contributed by atoms with E-state index in [9.17, 15) is 19.2 Å². The molecule has 5 aromatic rings. The highest BCUT2D eigenvalue weighted by Gasteiger charge is 2.40. The first-order chi connectivity index (χ1) is 33.6. The summed E-state index contributed by atoms with van der Waals surface area (Å²) in [6.45, 7) is 11.1. The Morgan fingerprint density at radius 1 is 0.783 bits per heavy atom. The van der Waals surface area contributed by atoms with E-state index in [4.69, 9.17) is 9.84 Å². The number of rotatable bonds is 7. The van der Waals surface area contributed by atoms with Crippen molar-refractivity contribution < 1.29 is 28.3 Å². The molecule has 3 aromatic heterocycles. The third kappa shape index (κ3) is 7.75. The van der Waals surface area contributed by atoms with Gasteiger partial charge in [0.2, 0.25) is 17.7 Å². The Kier molecular flexibility index (Phi) is 11.1. The fourth-order valence-electron chi connectivity index (χ4n) is 12.1. The van der Waals surface area contributed by atoms with Crippen LogP contribution >= 0.6 is 0 Å². The fraction of sp³-hybridized carbons (Fsp3) is 0.490. The summed E-state index contributed by atoms with van der Waals surface area (Å²) in [5, 5.41) is 7.71. The van der Waals surface area contributed by atoms with Crippen LogP contribution < -0.4 is 24.9 Å². The number of imide groups is 1. The van der Waals surface area contributed by atoms with Crippen LogP contribution in [0, 0.1) is 5.82 Å². The van der Waals surface area contributed by atoms with Crippen LogP contribution in [-0.2, 0) is 38.6 Å². The minimum atomic E-state index is -0.624. The van der Waals surface area contributed by atoms with Crippen LogP contribution in [0.5, 0.6) is 0 Å². The van der Waals surface area contributed by atoms with Gasteiger partial charge in [-0.3, -0.25) is 34.1 Å². The molecule has 69 heavy (non-hydrogen) atoms. The van der Waals surface area contributed by atoms with E-state index in [-0.39, 0.29) is 36.0 Å². The van der Waals surface area contributed by atoms with Crippen LogP contribution in [-0.4, -0.2) is 149 Å². The van der Waals surface area contributed by atoms with Gasteiger partial charge in [0.15, 0.2) is 5.82 Å². The summed E-state index contributed by atoms with van der Waals surface area (Å²) in [5.74, 6) is -0.279. The van der Waals surface area contributed by atoms with Gasteiger partial charge in [0, 0.05) is 170 Å². The van der Waals surface area contributed by atoms with Gasteiger partial charge in [0.1, 0.15) is 17.5 Å². The summed E-state index contributed by atoms with van der Waals surface area (Å²) in [4.78, 5) is 70.2. The molecule has 12 rings (SSSR count). The van der Waals surface area contributed by atoms with Crippen molar-refractivity contribution in [2.75, 3.05) is 98.8 Å². The molecule has 0 bridgehead atoms. The largest absolute Gasteiger partial charge is 0.381 e. The third-order valence-electron chi connectivity index (χ3n) is 16.0. The molecule has 0 spiro atoms. The standard InChI is InChI=1S/C51H59FN12O5/c1-32(65)60-15-9-42-40(30-60)49(55-64(42)35-10-23-69-24-11-35)62-22-17-56(2)44-26-38(41(52)28-45(44)62)39-27-47-53-12-16-61(47)31-46(39)59-20-18-58(19-21-59)34-7-13-57(14-8-34)36-3-4-37-33(25-36)29-63(51(37)68)43-5-6-48(66)54-50(43)67/h3-4,12,16,25-28,31,34-35,43H,5-11,13-15,17-24,29-30H2,1-2H3,(H,54,66,67). The number of nitrogens with zero attached hydrogens (tertiary/aromatic N) is 11. The number of carbonyl (C=O) groups excluding carboxylic acids is 4. The van der Waals surface area contributed by atoms with Crippen LogP contribution in [0.25, 0.3) is 16.8 Å². The van der Waals surface area contributed by atoms with Gasteiger partial charge in [0.05, 0.1) is 29.6 Å². The number of likely N-dealkylation sites (N-methyl/N-ethyl adjacent to an activating group) is 1. The van der Waals surface area contributed by atoms with E-state index >= 15 is 4.39 Å². The number of aromatic nitrogens is 4. The van der Waals surface area contributed by atoms with Crippen molar-refractivity contribution in [3.8, 4) is 11.1 Å². The summed E-state index contributed by atoms with van der Waals surface area (Å²) >= 11 is 0. The molecule has 4 amide bonds. The predicted molar refractivity (Wildman–Crippen MR) is 258 cm³/mol. The predicted octanol–water partition coefficient (Wildman–Crippen LogP) is 4.73. The Labute approximate surface area is 400 Å². The Hall–Kier alpha value is -6.53. The maximum Gasteiger partial charge on any atom is 0.255 e. The van der Waals surface area contributed by atoms with Crippen LogP contribution in [0.15, 0.2) is 55.0 Å². The lowest BCUT2D eigenvalue weighted by molar-refractivity contribution is -0.137. The second-order valence-corrected chi connectivity index (χ2v) is 19.9. The van der Waals surface area contributed by atoms with Crippen molar-refractivity contribution in [3.63, 3.8) is 0 Å². The van der Waals surface area contributed by atoms with Gasteiger partial charge in [-0.1, -0.05) is 0 Å². The van der Waals surface area contributed by atoms with Gasteiger partial charge in [0.25, 0.3) is 5.91 Å². The van der Waals surface area contributed by atoms with Crippen molar-refractivity contribution in [1.82, 2.24) is 39.2 Å². The summed E-state index contributed by atoms with van der Waals surface area (Å²) in [7, 11) is 2.07. The van der Waals surface area contributed by atoms with Crippen LogP contribution in [0.1, 0.15) is 78.7 Å². The van der Waals surface area contributed by atoms with Crippen LogP contribution in [0.4, 0.5) is 33.0 Å². The highest BCUT2D eigenvalue weighted by molar-refractivity contribution is 6.05. The second kappa shape index (κ2) is 17.5. The van der Waals surface area contributed by atoms with E-state index in [1.54, 1.807) is 24.1 Å². The SMILES string of the molecule is CC(=O)N1CCc2c(c(N3CCN(C)c4cc(-c5cc6nccn6cc5N5CCN(C6CCN(c7ccc8c(c7)CN(C7CCC(=O)NC7=O)C8=O)CC6)CC5)c(F)cc43)nn2C2CCOCC2)C1. The Bertz CT molecular complexity index is 2880. The minimum absolute atomic E-state index is 0.0457. The first kappa shape index (κ1) is 43.7. The van der Waals surface area contributed by atoms with Gasteiger partial charge in [-0.15, -0.1) is 0 Å². The van der Waals surface area contributed by atoms with Gasteiger partial charge in [-0.2, -0.15) is 5.10 Å². The van der Waals surface area contributed by atoms with Crippen molar-refractivity contribution in [1.29, 1.82) is 0 Å². The molecule has 10 heterocycles. The zero-order valence-corrected chi connectivity index (χ0v) is 39.4. The topological polar surface area (TPSA) is 147 Å². The fourth-order valence-corrected chi connectivity index (χ4v) is 12.1. The summed E-state index contributed by atoms with van der Waals surface area (Å²) in [5.41, 5.74) is 9.66. The van der Waals surface area contributed by atoms with E-state index in [2.05, 4.69) is 58.8 Å². The van der Waals surface area contributed by atoms with Gasteiger partial charge >= 0.3 is 0 Å². The second-order valence-electron chi connectivity index (χ2n) is 19.9. The molecule has 1 N–H and O–H groups in total. The number of piperazine rings is 1. The number of fused-ring (bicyclic) bond motifs is 4. The number of benzene rings is 2. The quantitative estimate of drug-likeness (QED) is 0.225. The maximum absolute atomic E-state index is 17.2. The third-order valence-corrected chi connectivity index (χ3v) is 16.0. The van der Waals surface area contributed by atoms with E-state index < -0.39 is 11.9 Å². The number of hydrogen-bond acceptors (Lipinski definition) is 12. The number of hydrogen-bond donors (Lipinski definition) is 1. The zero-order chi connectivity index (χ0) is 47.1. The average Bonchev–Trinajstić information content (AvgIpc) is 4.09. The van der Waals surface area contributed by atoms with E-state index in [0.29, 0.717) is 63.0 Å². The molecule has 0 radical (unpaired) electrons. The highest BCUT2D eigenvalue weighted by Crippen LogP contribution is 2.46. The zero-order valence-electron chi connectivity index (χ0n) is 39.4. The lowest BCUT2D eigenvalue weighted by atomic mass is 9.98. The van der Waals surface area contributed by atoms with Gasteiger partial charge < -0.3 is 38.5 Å². The lowest BCUT2D eigenvalue weighted by Crippen LogP contribution is -2.53. The maximum atomic E-state index is 17.2. The Morgan fingerprint density at radius 3 is 2.38 bits per heavy atom. The summed E-state index contributed by atoms with van der Waals surface area (Å²) < 4.78 is 27.1. The molecule has 4 fully saturated rings. The van der Waals surface area contributed by atoms with Gasteiger partial charge in [-0.05, 0) is 68.0 Å². The molecule has 17 nitrogen and oxygen atoms in total. The molecule has 360 valence electrons. The molecular formula is C51H59FN12O5. The van der Waals surface area contributed by atoms with Crippen molar-refractivity contribution in [2.45, 2.75) is 83.1 Å². The minimum Gasteiger partial charge on any atom is -0.381 e. The average molecular weight is 939 g/mol. The summed E-state index contributed by atoms with van der Waals surface area (Å²) in [6.07, 6.45) is 11.0. The monoisotopic (exact) mass is 938 g/mol. The van der Waals surface area contributed by atoms with Crippen molar-refractivity contribution in [2.24, 2.45) is 0 Å². The number of amides is 4. The lowest BCUT2D eigenvalue weighted by Gasteiger charge is -2.44. The normalized spacial score (nSPS) is 21.8. The number of nitrogens with one attached hydrogen (secondary N) is 1. The van der Waals surface area contributed by atoms with E-state index in [0.717, 1.165) is 129 Å². The molecule has 0 aliphatic carbocycles. The van der Waals surface area contributed by atoms with E-state index in [1.807, 2.05) is 39.8 Å². The molecule has 0 saturated carbocycles. The van der Waals surface area contributed by atoms with Crippen LogP contribution in [0.3, 0.4) is 0 Å². The molecule has 2 aromatic carbocycles. The van der Waals surface area contributed by atoms with Crippen molar-refractivity contribution >= 4 is 57.8 Å². The first-order valence-corrected chi connectivity index (χ1v) is 24.8. The molecule has 7 aliphatic rings. The molecule has 7 aliphatic heterocycles. The first-order valence-electron chi connectivity index (χ1n) is 24.8. The number of pyridine rings is 1. The smallest absolute Gasteiger partial charge is 0.255 e. The number of ether oxygens (including phenoxy) is 1. The molecule has 1 unspecified atom stereocenters. The number of carbonyl (C=O) groups is 4. The van der Waals surface area contributed by atoms with Crippen molar-refractivity contribution in [3.05, 3.63) is 83.2 Å². The van der Waals surface area contributed by atoms with E-state index in [1.165, 1.54) is 5.69 Å². The van der Waals surface area contributed by atoms with Crippen LogP contribution in [0.2, 0.25) is 0 Å². The molecule has 18 heteroatoms. The number of piperidine rings is 2. The van der Waals surface area contributed by atoms with Gasteiger partial charge in [-0.25, -0.2) is 9.37 Å². The highest BCUT2D eigenvalue weighted by atomic mass is 19.1. The Balaban J connectivity index is 0.760. The summed E-state index contributed by atoms with van der Waals surface area (Å²) in [6, 6.07) is 11.8. The number of anilines is 5. The molecule has 4 saturated heterocycles. The molecular weight excluding hydrogens is 880 g/mol. The number of halogens is 1. The Morgan fingerprint density at radius 2 is 1.59 bits per heavy atom.